The van der Waals surface area contributed by atoms with Gasteiger partial charge in [0.1, 0.15) is 17.3 Å². The average Bonchev–Trinajstić information content (AvgIpc) is 3.00. The first kappa shape index (κ1) is 27.8. The standard InChI is InChI=1S/C32H30F3N5O2/c33-25-3-6-27(7-4-25)42-29-8-5-26(19-38-29)39-31(41)30-28-16-23(2-1-22(28)9-12-37-30)24-15-21(17-36-18-24)20-40-13-10-32(34,35)11-14-40/h1-8,15-18,26H,9-14,19-20H2,(H,39,41). The molecule has 4 heterocycles. The van der Waals surface area contributed by atoms with Crippen molar-refractivity contribution in [3.63, 3.8) is 0 Å². The minimum atomic E-state index is -2.58. The predicted molar refractivity (Wildman–Crippen MR) is 155 cm³/mol. The maximum absolute atomic E-state index is 13.6. The Morgan fingerprint density at radius 2 is 1.83 bits per heavy atom. The summed E-state index contributed by atoms with van der Waals surface area (Å²) in [6, 6.07) is 13.4. The Bertz CT molecular complexity index is 1560. The van der Waals surface area contributed by atoms with Gasteiger partial charge in [0.15, 0.2) is 0 Å². The number of carbonyl (C=O) groups is 1. The lowest BCUT2D eigenvalue weighted by atomic mass is 9.92. The fraction of sp³-hybridized carbons (Fsp3) is 0.312. The van der Waals surface area contributed by atoms with Crippen molar-refractivity contribution in [2.24, 2.45) is 9.98 Å². The Kier molecular flexibility index (Phi) is 7.88. The van der Waals surface area contributed by atoms with Gasteiger partial charge < -0.3 is 10.1 Å². The number of amides is 1. The Morgan fingerprint density at radius 1 is 1.02 bits per heavy atom. The molecule has 0 aliphatic carbocycles. The summed E-state index contributed by atoms with van der Waals surface area (Å²) in [5, 5.41) is 3.00. The second-order valence-corrected chi connectivity index (χ2v) is 10.7. The molecule has 3 aliphatic rings. The van der Waals surface area contributed by atoms with Crippen molar-refractivity contribution < 1.29 is 22.7 Å². The van der Waals surface area contributed by atoms with Gasteiger partial charge in [0, 0.05) is 62.5 Å². The van der Waals surface area contributed by atoms with Crippen LogP contribution in [0.3, 0.4) is 0 Å². The largest absolute Gasteiger partial charge is 0.439 e. The Labute approximate surface area is 241 Å². The van der Waals surface area contributed by atoms with Gasteiger partial charge in [-0.2, -0.15) is 0 Å². The average molecular weight is 574 g/mol. The Balaban J connectivity index is 1.11. The van der Waals surface area contributed by atoms with E-state index in [1.54, 1.807) is 18.5 Å². The molecule has 1 atom stereocenters. The molecule has 3 aromatic rings. The van der Waals surface area contributed by atoms with Gasteiger partial charge in [0.25, 0.3) is 11.8 Å². The first-order valence-electron chi connectivity index (χ1n) is 14.0. The SMILES string of the molecule is O=C(NC1C=CC(Oc2ccc(F)cc2)=NC1)C1=NCCc2ccc(-c3cncc(CN4CCC(F)(F)CC4)c3)cc21. The number of nitrogens with one attached hydrogen (secondary N) is 1. The highest BCUT2D eigenvalue weighted by atomic mass is 19.3. The van der Waals surface area contributed by atoms with Gasteiger partial charge >= 0.3 is 0 Å². The minimum Gasteiger partial charge on any atom is -0.439 e. The lowest BCUT2D eigenvalue weighted by molar-refractivity contribution is -0.115. The summed E-state index contributed by atoms with van der Waals surface area (Å²) in [6.45, 7) is 2.09. The van der Waals surface area contributed by atoms with Crippen molar-refractivity contribution in [1.82, 2.24) is 15.2 Å². The molecule has 1 N–H and O–H groups in total. The molecule has 0 bridgehead atoms. The fourth-order valence-corrected chi connectivity index (χ4v) is 5.31. The second kappa shape index (κ2) is 11.9. The quantitative estimate of drug-likeness (QED) is 0.451. The van der Waals surface area contributed by atoms with Crippen LogP contribution in [-0.2, 0) is 17.8 Å². The van der Waals surface area contributed by atoms with Gasteiger partial charge in [-0.1, -0.05) is 18.2 Å². The first-order chi connectivity index (χ1) is 20.3. The molecule has 2 aromatic carbocycles. The van der Waals surface area contributed by atoms with E-state index < -0.39 is 5.92 Å². The highest BCUT2D eigenvalue weighted by Gasteiger charge is 2.33. The number of hydrogen-bond donors (Lipinski definition) is 1. The van der Waals surface area contributed by atoms with Crippen LogP contribution in [0.5, 0.6) is 5.75 Å². The van der Waals surface area contributed by atoms with Crippen molar-refractivity contribution in [3.05, 3.63) is 95.6 Å². The van der Waals surface area contributed by atoms with Gasteiger partial charge in [-0.05, 0) is 65.6 Å². The second-order valence-electron chi connectivity index (χ2n) is 10.7. The number of rotatable bonds is 6. The molecule has 216 valence electrons. The summed E-state index contributed by atoms with van der Waals surface area (Å²) in [4.78, 5) is 28.7. The van der Waals surface area contributed by atoms with E-state index in [9.17, 15) is 18.0 Å². The van der Waals surface area contributed by atoms with E-state index in [0.717, 1.165) is 34.2 Å². The Morgan fingerprint density at radius 3 is 2.60 bits per heavy atom. The van der Waals surface area contributed by atoms with Gasteiger partial charge in [-0.3, -0.25) is 19.7 Å². The molecule has 0 spiro atoms. The summed E-state index contributed by atoms with van der Waals surface area (Å²) in [5.74, 6) is -2.35. The molecule has 0 saturated carbocycles. The molecule has 42 heavy (non-hydrogen) atoms. The normalized spacial score (nSPS) is 19.8. The number of likely N-dealkylation sites (tertiary alicyclic amines) is 1. The number of fused-ring (bicyclic) bond motifs is 1. The van der Waals surface area contributed by atoms with Gasteiger partial charge in [0.2, 0.25) is 5.90 Å². The molecule has 1 unspecified atom stereocenters. The number of aliphatic imine (C=N–C) groups is 2. The molecule has 1 amide bonds. The van der Waals surface area contributed by atoms with Crippen LogP contribution in [0, 0.1) is 5.82 Å². The summed E-state index contributed by atoms with van der Waals surface area (Å²) in [5.41, 5.74) is 4.95. The van der Waals surface area contributed by atoms with E-state index >= 15 is 0 Å². The van der Waals surface area contributed by atoms with E-state index in [-0.39, 0.29) is 30.6 Å². The number of ether oxygens (including phenoxy) is 1. The van der Waals surface area contributed by atoms with Gasteiger partial charge in [-0.15, -0.1) is 0 Å². The van der Waals surface area contributed by atoms with Crippen molar-refractivity contribution in [3.8, 4) is 16.9 Å². The van der Waals surface area contributed by atoms with Crippen molar-refractivity contribution >= 4 is 17.5 Å². The third-order valence-electron chi connectivity index (χ3n) is 7.62. The molecule has 10 heteroatoms. The molecule has 1 aromatic heterocycles. The van der Waals surface area contributed by atoms with E-state index in [2.05, 4.69) is 20.3 Å². The van der Waals surface area contributed by atoms with Crippen LogP contribution in [0.4, 0.5) is 13.2 Å². The maximum Gasteiger partial charge on any atom is 0.270 e. The number of halogens is 3. The summed E-state index contributed by atoms with van der Waals surface area (Å²) >= 11 is 0. The van der Waals surface area contributed by atoms with Gasteiger partial charge in [-0.25, -0.2) is 18.2 Å². The molecular formula is C32H30F3N5O2. The molecule has 6 rings (SSSR count). The summed E-state index contributed by atoms with van der Waals surface area (Å²) in [6.07, 6.45) is 7.53. The molecule has 7 nitrogen and oxygen atoms in total. The minimum absolute atomic E-state index is 0.122. The van der Waals surface area contributed by atoms with Crippen molar-refractivity contribution in [1.29, 1.82) is 0 Å². The molecule has 1 saturated heterocycles. The van der Waals surface area contributed by atoms with E-state index in [0.29, 0.717) is 50.1 Å². The summed E-state index contributed by atoms with van der Waals surface area (Å²) < 4.78 is 45.9. The van der Waals surface area contributed by atoms with E-state index in [4.69, 9.17) is 4.74 Å². The molecule has 0 radical (unpaired) electrons. The Hall–Kier alpha value is -4.31. The highest BCUT2D eigenvalue weighted by Crippen LogP contribution is 2.30. The van der Waals surface area contributed by atoms with Gasteiger partial charge in [0.05, 0.1) is 12.6 Å². The summed E-state index contributed by atoms with van der Waals surface area (Å²) in [7, 11) is 0. The molecule has 1 fully saturated rings. The number of pyridine rings is 1. The van der Waals surface area contributed by atoms with Crippen LogP contribution in [0.2, 0.25) is 0 Å². The fourth-order valence-electron chi connectivity index (χ4n) is 5.31. The van der Waals surface area contributed by atoms with Crippen LogP contribution in [0.15, 0.2) is 83.1 Å². The van der Waals surface area contributed by atoms with E-state index in [1.165, 1.54) is 24.3 Å². The first-order valence-corrected chi connectivity index (χ1v) is 14.0. The van der Waals surface area contributed by atoms with Crippen LogP contribution in [-0.4, -0.2) is 65.5 Å². The lowest BCUT2D eigenvalue weighted by Crippen LogP contribution is -2.42. The van der Waals surface area contributed by atoms with Crippen LogP contribution in [0.25, 0.3) is 11.1 Å². The number of carbonyl (C=O) groups excluding carboxylic acids is 1. The zero-order valence-corrected chi connectivity index (χ0v) is 22.9. The number of benzene rings is 2. The lowest BCUT2D eigenvalue weighted by Gasteiger charge is -2.31. The van der Waals surface area contributed by atoms with E-state index in [1.807, 2.05) is 35.2 Å². The number of alkyl halides is 2. The highest BCUT2D eigenvalue weighted by molar-refractivity contribution is 6.46. The van der Waals surface area contributed by atoms with Crippen LogP contribution >= 0.6 is 0 Å². The van der Waals surface area contributed by atoms with Crippen molar-refractivity contribution in [2.45, 2.75) is 37.8 Å². The number of hydrogen-bond acceptors (Lipinski definition) is 6. The topological polar surface area (TPSA) is 79.2 Å². The number of dihydropyridines is 1. The van der Waals surface area contributed by atoms with Crippen LogP contribution in [0.1, 0.15) is 29.5 Å². The van der Waals surface area contributed by atoms with Crippen molar-refractivity contribution in [2.75, 3.05) is 26.2 Å². The van der Waals surface area contributed by atoms with Crippen LogP contribution < -0.4 is 10.1 Å². The number of aromatic nitrogens is 1. The molecule has 3 aliphatic heterocycles. The monoisotopic (exact) mass is 573 g/mol. The zero-order chi connectivity index (χ0) is 29.1. The number of piperidine rings is 1. The number of nitrogens with zero attached hydrogens (tertiary/aromatic N) is 4. The predicted octanol–water partition coefficient (Wildman–Crippen LogP) is 5.00. The third-order valence-corrected chi connectivity index (χ3v) is 7.62. The smallest absolute Gasteiger partial charge is 0.270 e. The zero-order valence-electron chi connectivity index (χ0n) is 22.9. The molecular weight excluding hydrogens is 543 g/mol. The maximum atomic E-state index is 13.6. The third kappa shape index (κ3) is 6.60.